The minimum absolute atomic E-state index is 0.145. The SMILES string of the molecule is CC(C)(C)C(NC(=O)N1CCC(N)CC1)C(=O)O. The van der Waals surface area contributed by atoms with Crippen LogP contribution >= 0.6 is 0 Å². The molecule has 0 aromatic heterocycles. The van der Waals surface area contributed by atoms with E-state index in [9.17, 15) is 9.59 Å². The van der Waals surface area contributed by atoms with Gasteiger partial charge in [-0.1, -0.05) is 20.8 Å². The molecule has 104 valence electrons. The van der Waals surface area contributed by atoms with Crippen LogP contribution < -0.4 is 11.1 Å². The predicted molar refractivity (Wildman–Crippen MR) is 68.2 cm³/mol. The Balaban J connectivity index is 2.59. The fraction of sp³-hybridized carbons (Fsp3) is 0.833. The van der Waals surface area contributed by atoms with E-state index in [-0.39, 0.29) is 12.1 Å². The predicted octanol–water partition coefficient (Wildman–Crippen LogP) is 0.618. The quantitative estimate of drug-likeness (QED) is 0.675. The average molecular weight is 257 g/mol. The maximum Gasteiger partial charge on any atom is 0.326 e. The van der Waals surface area contributed by atoms with Crippen LogP contribution in [0.4, 0.5) is 4.79 Å². The molecular weight excluding hydrogens is 234 g/mol. The van der Waals surface area contributed by atoms with Crippen molar-refractivity contribution in [3.05, 3.63) is 0 Å². The highest BCUT2D eigenvalue weighted by Gasteiger charge is 2.34. The molecular formula is C12H23N3O3. The van der Waals surface area contributed by atoms with Gasteiger partial charge in [-0.3, -0.25) is 0 Å². The van der Waals surface area contributed by atoms with Gasteiger partial charge in [0.05, 0.1) is 0 Å². The van der Waals surface area contributed by atoms with E-state index in [0.29, 0.717) is 13.1 Å². The molecule has 6 heteroatoms. The number of nitrogens with one attached hydrogen (secondary N) is 1. The third kappa shape index (κ3) is 3.87. The molecule has 1 rings (SSSR count). The summed E-state index contributed by atoms with van der Waals surface area (Å²) in [7, 11) is 0. The molecule has 1 atom stereocenters. The monoisotopic (exact) mass is 257 g/mol. The largest absolute Gasteiger partial charge is 0.480 e. The molecule has 1 unspecified atom stereocenters. The molecule has 0 bridgehead atoms. The van der Waals surface area contributed by atoms with Crippen LogP contribution in [0.15, 0.2) is 0 Å². The van der Waals surface area contributed by atoms with Crippen molar-refractivity contribution in [2.24, 2.45) is 11.1 Å². The first-order valence-corrected chi connectivity index (χ1v) is 6.25. The minimum atomic E-state index is -1.01. The molecule has 18 heavy (non-hydrogen) atoms. The van der Waals surface area contributed by atoms with Crippen LogP contribution in [0.25, 0.3) is 0 Å². The van der Waals surface area contributed by atoms with E-state index in [1.807, 2.05) is 0 Å². The number of aliphatic carboxylic acids is 1. The minimum Gasteiger partial charge on any atom is -0.480 e. The van der Waals surface area contributed by atoms with Gasteiger partial charge in [0, 0.05) is 19.1 Å². The number of hydrogen-bond donors (Lipinski definition) is 3. The molecule has 0 aromatic carbocycles. The van der Waals surface area contributed by atoms with Gasteiger partial charge in [-0.2, -0.15) is 0 Å². The van der Waals surface area contributed by atoms with Crippen LogP contribution in [-0.4, -0.2) is 47.2 Å². The van der Waals surface area contributed by atoms with Crippen molar-refractivity contribution in [2.75, 3.05) is 13.1 Å². The number of nitrogens with two attached hydrogens (primary N) is 1. The zero-order valence-corrected chi connectivity index (χ0v) is 11.3. The lowest BCUT2D eigenvalue weighted by Gasteiger charge is -2.34. The van der Waals surface area contributed by atoms with Gasteiger partial charge >= 0.3 is 12.0 Å². The molecule has 1 aliphatic rings. The molecule has 0 spiro atoms. The number of urea groups is 1. The van der Waals surface area contributed by atoms with E-state index in [0.717, 1.165) is 12.8 Å². The van der Waals surface area contributed by atoms with Gasteiger partial charge in [0.2, 0.25) is 0 Å². The highest BCUT2D eigenvalue weighted by Crippen LogP contribution is 2.20. The van der Waals surface area contributed by atoms with E-state index in [2.05, 4.69) is 5.32 Å². The number of nitrogens with zero attached hydrogens (tertiary/aromatic N) is 1. The number of likely N-dealkylation sites (tertiary alicyclic amines) is 1. The number of hydrogen-bond acceptors (Lipinski definition) is 3. The van der Waals surface area contributed by atoms with Crippen molar-refractivity contribution in [2.45, 2.75) is 45.7 Å². The smallest absolute Gasteiger partial charge is 0.326 e. The Kier molecular flexibility index (Phi) is 4.56. The summed E-state index contributed by atoms with van der Waals surface area (Å²) < 4.78 is 0. The first-order chi connectivity index (χ1) is 8.21. The maximum atomic E-state index is 12.0. The van der Waals surface area contributed by atoms with Gasteiger partial charge in [0.25, 0.3) is 0 Å². The molecule has 6 nitrogen and oxygen atoms in total. The zero-order chi connectivity index (χ0) is 13.9. The molecule has 0 radical (unpaired) electrons. The lowest BCUT2D eigenvalue weighted by Crippen LogP contribution is -2.55. The molecule has 0 aliphatic carbocycles. The second kappa shape index (κ2) is 5.56. The van der Waals surface area contributed by atoms with Crippen molar-refractivity contribution in [3.8, 4) is 0 Å². The Morgan fingerprint density at radius 1 is 1.33 bits per heavy atom. The molecule has 1 fully saturated rings. The van der Waals surface area contributed by atoms with Crippen LogP contribution in [0.3, 0.4) is 0 Å². The van der Waals surface area contributed by atoms with Crippen molar-refractivity contribution in [1.82, 2.24) is 10.2 Å². The van der Waals surface area contributed by atoms with Crippen LogP contribution in [0.5, 0.6) is 0 Å². The second-order valence-electron chi connectivity index (χ2n) is 5.91. The number of carboxylic acids is 1. The van der Waals surface area contributed by atoms with E-state index >= 15 is 0 Å². The number of carboxylic acid groups (broad SMARTS) is 1. The first kappa shape index (κ1) is 14.8. The van der Waals surface area contributed by atoms with E-state index in [1.54, 1.807) is 25.7 Å². The van der Waals surface area contributed by atoms with Gasteiger partial charge in [-0.05, 0) is 18.3 Å². The molecule has 2 amide bonds. The summed E-state index contributed by atoms with van der Waals surface area (Å²) in [5.41, 5.74) is 5.24. The Labute approximate surface area is 108 Å². The molecule has 1 heterocycles. The maximum absolute atomic E-state index is 12.0. The lowest BCUT2D eigenvalue weighted by molar-refractivity contribution is -0.142. The Morgan fingerprint density at radius 2 is 1.83 bits per heavy atom. The van der Waals surface area contributed by atoms with Gasteiger partial charge < -0.3 is 21.1 Å². The van der Waals surface area contributed by atoms with Crippen LogP contribution in [-0.2, 0) is 4.79 Å². The zero-order valence-electron chi connectivity index (χ0n) is 11.3. The third-order valence-corrected chi connectivity index (χ3v) is 3.21. The first-order valence-electron chi connectivity index (χ1n) is 6.25. The fourth-order valence-corrected chi connectivity index (χ4v) is 1.97. The molecule has 0 saturated carbocycles. The summed E-state index contributed by atoms with van der Waals surface area (Å²) in [5, 5.41) is 11.7. The van der Waals surface area contributed by atoms with E-state index < -0.39 is 17.4 Å². The highest BCUT2D eigenvalue weighted by molar-refractivity contribution is 5.83. The van der Waals surface area contributed by atoms with Crippen molar-refractivity contribution in [3.63, 3.8) is 0 Å². The van der Waals surface area contributed by atoms with Gasteiger partial charge in [0.1, 0.15) is 6.04 Å². The normalized spacial score (nSPS) is 19.4. The van der Waals surface area contributed by atoms with Gasteiger partial charge in [-0.15, -0.1) is 0 Å². The summed E-state index contributed by atoms with van der Waals surface area (Å²) in [6, 6.07) is -1.06. The van der Waals surface area contributed by atoms with Gasteiger partial charge in [-0.25, -0.2) is 9.59 Å². The molecule has 1 aliphatic heterocycles. The molecule has 4 N–H and O–H groups in total. The number of rotatable bonds is 2. The topological polar surface area (TPSA) is 95.7 Å². The van der Waals surface area contributed by atoms with E-state index in [1.165, 1.54) is 0 Å². The van der Waals surface area contributed by atoms with Crippen LogP contribution in [0, 0.1) is 5.41 Å². The summed E-state index contributed by atoms with van der Waals surface area (Å²) in [6.07, 6.45) is 1.53. The second-order valence-corrected chi connectivity index (χ2v) is 5.91. The number of carbonyl (C=O) groups is 2. The van der Waals surface area contributed by atoms with E-state index in [4.69, 9.17) is 10.8 Å². The van der Waals surface area contributed by atoms with Gasteiger partial charge in [0.15, 0.2) is 0 Å². The molecule has 1 saturated heterocycles. The van der Waals surface area contributed by atoms with Crippen LogP contribution in [0.1, 0.15) is 33.6 Å². The Morgan fingerprint density at radius 3 is 2.22 bits per heavy atom. The summed E-state index contributed by atoms with van der Waals surface area (Å²) >= 11 is 0. The average Bonchev–Trinajstić information content (AvgIpc) is 2.24. The van der Waals surface area contributed by atoms with Crippen molar-refractivity contribution >= 4 is 12.0 Å². The van der Waals surface area contributed by atoms with Crippen molar-refractivity contribution in [1.29, 1.82) is 0 Å². The number of carbonyl (C=O) groups excluding carboxylic acids is 1. The Bertz CT molecular complexity index is 317. The standard InChI is InChI=1S/C12H23N3O3/c1-12(2,3)9(10(16)17)14-11(18)15-6-4-8(13)5-7-15/h8-9H,4-7,13H2,1-3H3,(H,14,18)(H,16,17). The highest BCUT2D eigenvalue weighted by atomic mass is 16.4. The van der Waals surface area contributed by atoms with Crippen molar-refractivity contribution < 1.29 is 14.7 Å². The van der Waals surface area contributed by atoms with Crippen LogP contribution in [0.2, 0.25) is 0 Å². The lowest BCUT2D eigenvalue weighted by atomic mass is 9.87. The summed E-state index contributed by atoms with van der Waals surface area (Å²) in [4.78, 5) is 24.8. The number of piperidine rings is 1. The fourth-order valence-electron chi connectivity index (χ4n) is 1.97. The summed E-state index contributed by atoms with van der Waals surface area (Å²) in [6.45, 7) is 6.54. The summed E-state index contributed by atoms with van der Waals surface area (Å²) in [5.74, 6) is -1.01. The third-order valence-electron chi connectivity index (χ3n) is 3.21. The Hall–Kier alpha value is -1.30. The molecule has 0 aromatic rings. The number of amides is 2.